The van der Waals surface area contributed by atoms with Gasteiger partial charge >= 0.3 is 0 Å². The van der Waals surface area contributed by atoms with Gasteiger partial charge in [0.05, 0.1) is 11.4 Å². The normalized spacial score (nSPS) is 19.1. The third kappa shape index (κ3) is 3.29. The van der Waals surface area contributed by atoms with Gasteiger partial charge in [0, 0.05) is 24.8 Å². The highest BCUT2D eigenvalue weighted by Gasteiger charge is 2.29. The summed E-state index contributed by atoms with van der Waals surface area (Å²) < 4.78 is 0. The Kier molecular flexibility index (Phi) is 4.04. The monoisotopic (exact) mass is 359 g/mol. The number of anilines is 1. The van der Waals surface area contributed by atoms with Gasteiger partial charge in [0.2, 0.25) is 0 Å². The molecule has 2 aromatic rings. The van der Waals surface area contributed by atoms with Crippen LogP contribution in [0.5, 0.6) is 0 Å². The SMILES string of the molecule is CC1(N)CCN(C2=Nc3[nH]nc(Sc4ccc[nH]c4=O)c3NC2)CC1. The van der Waals surface area contributed by atoms with Gasteiger partial charge in [0.1, 0.15) is 16.5 Å². The molecule has 0 unspecified atom stereocenters. The largest absolute Gasteiger partial charge is 0.373 e. The Labute approximate surface area is 149 Å². The minimum Gasteiger partial charge on any atom is -0.373 e. The Morgan fingerprint density at radius 2 is 2.16 bits per heavy atom. The standard InChI is InChI=1S/C16H21N7OS/c1-16(17)4-7-23(8-5-16)11-9-19-12-13(20-11)21-22-15(12)25-10-3-2-6-18-14(10)24/h2-3,6,19H,4-5,7-9,17H2,1H3,(H,18,24)(H,21,22). The first-order chi connectivity index (χ1) is 12.0. The van der Waals surface area contributed by atoms with Crippen LogP contribution in [-0.4, -0.2) is 51.1 Å². The Bertz CT molecular complexity index is 859. The molecule has 1 saturated heterocycles. The fourth-order valence-corrected chi connectivity index (χ4v) is 3.88. The number of H-pyrrole nitrogens is 2. The van der Waals surface area contributed by atoms with Gasteiger partial charge in [-0.2, -0.15) is 5.10 Å². The summed E-state index contributed by atoms with van der Waals surface area (Å²) in [5, 5.41) is 11.4. The first kappa shape index (κ1) is 16.2. The van der Waals surface area contributed by atoms with Gasteiger partial charge in [-0.1, -0.05) is 11.8 Å². The number of hydrogen-bond donors (Lipinski definition) is 4. The van der Waals surface area contributed by atoms with E-state index in [9.17, 15) is 4.79 Å². The number of pyridine rings is 1. The summed E-state index contributed by atoms with van der Waals surface area (Å²) in [6.07, 6.45) is 3.53. The van der Waals surface area contributed by atoms with E-state index in [1.807, 2.05) is 0 Å². The number of nitrogens with two attached hydrogens (primary N) is 1. The maximum Gasteiger partial charge on any atom is 0.262 e. The fourth-order valence-electron chi connectivity index (χ4n) is 3.02. The molecule has 0 aromatic carbocycles. The number of amidine groups is 1. The molecule has 0 aliphatic carbocycles. The van der Waals surface area contributed by atoms with E-state index in [0.717, 1.165) is 42.5 Å². The molecule has 5 N–H and O–H groups in total. The van der Waals surface area contributed by atoms with Gasteiger partial charge in [-0.3, -0.25) is 9.89 Å². The van der Waals surface area contributed by atoms with E-state index in [2.05, 4.69) is 32.3 Å². The first-order valence-electron chi connectivity index (χ1n) is 8.31. The molecule has 8 nitrogen and oxygen atoms in total. The van der Waals surface area contributed by atoms with E-state index >= 15 is 0 Å². The predicted molar refractivity (Wildman–Crippen MR) is 98.8 cm³/mol. The molecule has 0 bridgehead atoms. The highest BCUT2D eigenvalue weighted by atomic mass is 32.2. The summed E-state index contributed by atoms with van der Waals surface area (Å²) in [5.41, 5.74) is 6.85. The van der Waals surface area contributed by atoms with Gasteiger partial charge in [-0.05, 0) is 31.9 Å². The number of aromatic amines is 2. The van der Waals surface area contributed by atoms with Crippen molar-refractivity contribution in [3.05, 3.63) is 28.7 Å². The van der Waals surface area contributed by atoms with E-state index in [1.165, 1.54) is 11.8 Å². The molecule has 0 spiro atoms. The zero-order chi connectivity index (χ0) is 17.4. The molecule has 9 heteroatoms. The zero-order valence-electron chi connectivity index (χ0n) is 14.0. The van der Waals surface area contributed by atoms with Crippen molar-refractivity contribution in [2.45, 2.75) is 35.2 Å². The lowest BCUT2D eigenvalue weighted by atomic mass is 9.91. The average Bonchev–Trinajstić information content (AvgIpc) is 2.99. The van der Waals surface area contributed by atoms with Gasteiger partial charge in [0.25, 0.3) is 5.56 Å². The van der Waals surface area contributed by atoms with Crippen molar-refractivity contribution < 1.29 is 0 Å². The molecule has 1 fully saturated rings. The topological polar surface area (TPSA) is 115 Å². The van der Waals surface area contributed by atoms with Crippen LogP contribution in [0.2, 0.25) is 0 Å². The van der Waals surface area contributed by atoms with Crippen LogP contribution in [0.1, 0.15) is 19.8 Å². The molecular formula is C16H21N7OS. The average molecular weight is 359 g/mol. The maximum absolute atomic E-state index is 11.8. The third-order valence-corrected chi connectivity index (χ3v) is 5.67. The van der Waals surface area contributed by atoms with Crippen LogP contribution in [0.3, 0.4) is 0 Å². The van der Waals surface area contributed by atoms with Crippen molar-refractivity contribution in [2.75, 3.05) is 25.0 Å². The van der Waals surface area contributed by atoms with Gasteiger partial charge in [-0.15, -0.1) is 0 Å². The molecule has 0 atom stereocenters. The number of rotatable bonds is 2. The zero-order valence-corrected chi connectivity index (χ0v) is 14.8. The molecule has 132 valence electrons. The Balaban J connectivity index is 1.53. The second kappa shape index (κ2) is 6.23. The quantitative estimate of drug-likeness (QED) is 0.646. The molecule has 4 rings (SSSR count). The number of piperidine rings is 1. The van der Waals surface area contributed by atoms with Gasteiger partial charge < -0.3 is 20.9 Å². The molecule has 4 heterocycles. The van der Waals surface area contributed by atoms with Crippen molar-refractivity contribution in [2.24, 2.45) is 10.7 Å². The van der Waals surface area contributed by atoms with Gasteiger partial charge in [-0.25, -0.2) is 4.99 Å². The van der Waals surface area contributed by atoms with E-state index in [-0.39, 0.29) is 11.1 Å². The fraction of sp³-hybridized carbons (Fsp3) is 0.438. The molecule has 0 radical (unpaired) electrons. The lowest BCUT2D eigenvalue weighted by molar-refractivity contribution is 0.243. The third-order valence-electron chi connectivity index (χ3n) is 4.64. The summed E-state index contributed by atoms with van der Waals surface area (Å²) in [6, 6.07) is 3.58. The van der Waals surface area contributed by atoms with Gasteiger partial charge in [0.15, 0.2) is 5.82 Å². The van der Waals surface area contributed by atoms with E-state index in [1.54, 1.807) is 18.3 Å². The molecule has 2 aromatic heterocycles. The summed E-state index contributed by atoms with van der Waals surface area (Å²) in [7, 11) is 0. The molecule has 2 aliphatic heterocycles. The number of hydrogen-bond acceptors (Lipinski definition) is 7. The lowest BCUT2D eigenvalue weighted by Gasteiger charge is -2.39. The van der Waals surface area contributed by atoms with Crippen LogP contribution in [0, 0.1) is 0 Å². The van der Waals surface area contributed by atoms with Crippen LogP contribution < -0.4 is 16.6 Å². The lowest BCUT2D eigenvalue weighted by Crippen LogP contribution is -2.51. The van der Waals surface area contributed by atoms with E-state index in [0.29, 0.717) is 17.3 Å². The number of aliphatic imine (C=N–C) groups is 1. The summed E-state index contributed by atoms with van der Waals surface area (Å²) in [5.74, 6) is 1.71. The highest BCUT2D eigenvalue weighted by molar-refractivity contribution is 7.99. The minimum atomic E-state index is -0.123. The first-order valence-corrected chi connectivity index (χ1v) is 9.13. The molecular weight excluding hydrogens is 338 g/mol. The van der Waals surface area contributed by atoms with Crippen molar-refractivity contribution in [1.29, 1.82) is 0 Å². The van der Waals surface area contributed by atoms with Crippen LogP contribution >= 0.6 is 11.8 Å². The van der Waals surface area contributed by atoms with Crippen LogP contribution in [0.25, 0.3) is 0 Å². The number of nitrogens with one attached hydrogen (secondary N) is 3. The number of nitrogens with zero attached hydrogens (tertiary/aromatic N) is 3. The van der Waals surface area contributed by atoms with Crippen LogP contribution in [0.15, 0.2) is 38.0 Å². The number of fused-ring (bicyclic) bond motifs is 1. The molecule has 0 amide bonds. The van der Waals surface area contributed by atoms with Crippen molar-refractivity contribution >= 4 is 29.1 Å². The van der Waals surface area contributed by atoms with Crippen molar-refractivity contribution in [3.63, 3.8) is 0 Å². The highest BCUT2D eigenvalue weighted by Crippen LogP contribution is 2.37. The second-order valence-corrected chi connectivity index (χ2v) is 7.77. The Hall–Kier alpha value is -2.26. The van der Waals surface area contributed by atoms with E-state index < -0.39 is 0 Å². The Morgan fingerprint density at radius 1 is 1.36 bits per heavy atom. The van der Waals surface area contributed by atoms with Crippen molar-refractivity contribution in [1.82, 2.24) is 20.1 Å². The molecule has 2 aliphatic rings. The summed E-state index contributed by atoms with van der Waals surface area (Å²) in [4.78, 5) is 22.1. The molecule has 25 heavy (non-hydrogen) atoms. The minimum absolute atomic E-state index is 0.0785. The van der Waals surface area contributed by atoms with Crippen LogP contribution in [0.4, 0.5) is 11.5 Å². The summed E-state index contributed by atoms with van der Waals surface area (Å²) >= 11 is 1.32. The number of aromatic nitrogens is 3. The molecule has 0 saturated carbocycles. The van der Waals surface area contributed by atoms with E-state index in [4.69, 9.17) is 10.7 Å². The maximum atomic E-state index is 11.8. The summed E-state index contributed by atoms with van der Waals surface area (Å²) in [6.45, 7) is 4.58. The van der Waals surface area contributed by atoms with Crippen molar-refractivity contribution in [3.8, 4) is 0 Å². The predicted octanol–water partition coefficient (Wildman–Crippen LogP) is 1.52. The second-order valence-electron chi connectivity index (χ2n) is 6.74. The smallest absolute Gasteiger partial charge is 0.262 e. The van der Waals surface area contributed by atoms with Crippen LogP contribution in [-0.2, 0) is 0 Å². The number of likely N-dealkylation sites (tertiary alicyclic amines) is 1. The Morgan fingerprint density at radius 3 is 2.92 bits per heavy atom.